The fraction of sp³-hybridized carbons (Fsp3) is 0.333. The molecular weight excluding hydrogens is 408 g/mol. The van der Waals surface area contributed by atoms with Crippen molar-refractivity contribution in [3.63, 3.8) is 0 Å². The van der Waals surface area contributed by atoms with Crippen LogP contribution in [0.2, 0.25) is 0 Å². The van der Waals surface area contributed by atoms with Gasteiger partial charge in [-0.3, -0.25) is 9.59 Å². The average Bonchev–Trinajstić information content (AvgIpc) is 2.60. The predicted molar refractivity (Wildman–Crippen MR) is 111 cm³/mol. The summed E-state index contributed by atoms with van der Waals surface area (Å²) in [6.45, 7) is 8.48. The van der Waals surface area contributed by atoms with Crippen molar-refractivity contribution in [2.24, 2.45) is 0 Å². The van der Waals surface area contributed by atoms with Gasteiger partial charge in [-0.05, 0) is 42.7 Å². The first kappa shape index (κ1) is 21.0. The molecule has 6 heteroatoms. The van der Waals surface area contributed by atoms with Gasteiger partial charge in [0, 0.05) is 16.6 Å². The minimum absolute atomic E-state index is 0.125. The standard InChI is InChI=1S/C21H25BrN2O3/c1-5-23-20(26)15-8-6-7-9-17(15)24-19(25)13-27-18-11-10-14(22)12-16(18)21(2,3)4/h6-12H,5,13H2,1-4H3,(H,23,26)(H,24,25). The molecule has 0 saturated heterocycles. The lowest BCUT2D eigenvalue weighted by Crippen LogP contribution is -2.26. The van der Waals surface area contributed by atoms with Crippen molar-refractivity contribution in [2.45, 2.75) is 33.1 Å². The van der Waals surface area contributed by atoms with E-state index >= 15 is 0 Å². The van der Waals surface area contributed by atoms with Gasteiger partial charge in [0.2, 0.25) is 0 Å². The first-order chi connectivity index (χ1) is 12.7. The number of rotatable bonds is 6. The molecule has 0 aromatic heterocycles. The van der Waals surface area contributed by atoms with Crippen LogP contribution in [0.4, 0.5) is 5.69 Å². The van der Waals surface area contributed by atoms with E-state index in [0.717, 1.165) is 10.0 Å². The molecule has 0 unspecified atom stereocenters. The zero-order valence-corrected chi connectivity index (χ0v) is 17.6. The SMILES string of the molecule is CCNC(=O)c1ccccc1NC(=O)COc1ccc(Br)cc1C(C)(C)C. The Kier molecular flexibility index (Phi) is 7.02. The van der Waals surface area contributed by atoms with Crippen molar-refractivity contribution in [3.8, 4) is 5.75 Å². The van der Waals surface area contributed by atoms with Crippen LogP contribution in [0.25, 0.3) is 0 Å². The Morgan fingerprint density at radius 3 is 2.48 bits per heavy atom. The number of halogens is 1. The van der Waals surface area contributed by atoms with Crippen LogP contribution in [-0.2, 0) is 10.2 Å². The molecule has 144 valence electrons. The van der Waals surface area contributed by atoms with Crippen molar-refractivity contribution in [2.75, 3.05) is 18.5 Å². The van der Waals surface area contributed by atoms with E-state index in [1.54, 1.807) is 24.3 Å². The molecule has 2 aromatic rings. The van der Waals surface area contributed by atoms with Crippen LogP contribution in [-0.4, -0.2) is 25.0 Å². The van der Waals surface area contributed by atoms with Gasteiger partial charge in [0.25, 0.3) is 11.8 Å². The number of benzene rings is 2. The van der Waals surface area contributed by atoms with Gasteiger partial charge in [0.1, 0.15) is 5.75 Å². The largest absolute Gasteiger partial charge is 0.483 e. The molecule has 2 amide bonds. The first-order valence-corrected chi connectivity index (χ1v) is 9.61. The van der Waals surface area contributed by atoms with Crippen LogP contribution < -0.4 is 15.4 Å². The maximum Gasteiger partial charge on any atom is 0.262 e. The van der Waals surface area contributed by atoms with Crippen molar-refractivity contribution in [1.82, 2.24) is 5.32 Å². The van der Waals surface area contributed by atoms with Crippen LogP contribution in [0.3, 0.4) is 0 Å². The van der Waals surface area contributed by atoms with Crippen molar-refractivity contribution in [1.29, 1.82) is 0 Å². The minimum atomic E-state index is -0.325. The molecule has 0 heterocycles. The Bertz CT molecular complexity index is 828. The van der Waals surface area contributed by atoms with E-state index in [1.807, 2.05) is 25.1 Å². The Balaban J connectivity index is 2.10. The molecule has 0 aliphatic heterocycles. The highest BCUT2D eigenvalue weighted by Crippen LogP contribution is 2.33. The molecule has 2 N–H and O–H groups in total. The summed E-state index contributed by atoms with van der Waals surface area (Å²) >= 11 is 3.47. The lowest BCUT2D eigenvalue weighted by molar-refractivity contribution is -0.118. The number of amides is 2. The Hall–Kier alpha value is -2.34. The molecule has 0 radical (unpaired) electrons. The number of hydrogen-bond acceptors (Lipinski definition) is 3. The molecule has 27 heavy (non-hydrogen) atoms. The van der Waals surface area contributed by atoms with Crippen LogP contribution in [0.1, 0.15) is 43.6 Å². The van der Waals surface area contributed by atoms with E-state index in [1.165, 1.54) is 0 Å². The van der Waals surface area contributed by atoms with Gasteiger partial charge in [0.05, 0.1) is 11.3 Å². The summed E-state index contributed by atoms with van der Waals surface area (Å²) in [6, 6.07) is 12.6. The summed E-state index contributed by atoms with van der Waals surface area (Å²) in [4.78, 5) is 24.5. The second-order valence-corrected chi connectivity index (χ2v) is 8.05. The van der Waals surface area contributed by atoms with Crippen LogP contribution in [0.15, 0.2) is 46.9 Å². The molecule has 0 atom stereocenters. The predicted octanol–water partition coefficient (Wildman–Crippen LogP) is 4.51. The highest BCUT2D eigenvalue weighted by Gasteiger charge is 2.20. The van der Waals surface area contributed by atoms with Gasteiger partial charge in [-0.1, -0.05) is 48.8 Å². The number of ether oxygens (including phenoxy) is 1. The van der Waals surface area contributed by atoms with Crippen molar-refractivity contribution >= 4 is 33.4 Å². The van der Waals surface area contributed by atoms with E-state index in [9.17, 15) is 9.59 Å². The summed E-state index contributed by atoms with van der Waals surface area (Å²) in [5.74, 6) is 0.115. The van der Waals surface area contributed by atoms with Crippen LogP contribution in [0.5, 0.6) is 5.75 Å². The summed E-state index contributed by atoms with van der Waals surface area (Å²) in [5.41, 5.74) is 1.77. The zero-order chi connectivity index (χ0) is 20.0. The van der Waals surface area contributed by atoms with Gasteiger partial charge < -0.3 is 15.4 Å². The van der Waals surface area contributed by atoms with Crippen molar-refractivity contribution in [3.05, 3.63) is 58.1 Å². The van der Waals surface area contributed by atoms with Crippen LogP contribution >= 0.6 is 15.9 Å². The highest BCUT2D eigenvalue weighted by atomic mass is 79.9. The fourth-order valence-electron chi connectivity index (χ4n) is 2.59. The van der Waals surface area contributed by atoms with Gasteiger partial charge in [-0.15, -0.1) is 0 Å². The van der Waals surface area contributed by atoms with Crippen LogP contribution in [0, 0.1) is 0 Å². The molecule has 0 fully saturated rings. The molecule has 2 rings (SSSR count). The average molecular weight is 433 g/mol. The minimum Gasteiger partial charge on any atom is -0.483 e. The third-order valence-electron chi connectivity index (χ3n) is 3.89. The monoisotopic (exact) mass is 432 g/mol. The second kappa shape index (κ2) is 9.04. The maximum absolute atomic E-state index is 12.4. The smallest absolute Gasteiger partial charge is 0.262 e. The van der Waals surface area contributed by atoms with Gasteiger partial charge >= 0.3 is 0 Å². The Labute approximate surface area is 168 Å². The molecule has 2 aromatic carbocycles. The molecule has 0 aliphatic rings. The Morgan fingerprint density at radius 2 is 1.81 bits per heavy atom. The normalized spacial score (nSPS) is 11.0. The zero-order valence-electron chi connectivity index (χ0n) is 16.1. The number of para-hydroxylation sites is 1. The van der Waals surface area contributed by atoms with E-state index in [0.29, 0.717) is 23.5 Å². The summed E-state index contributed by atoms with van der Waals surface area (Å²) < 4.78 is 6.73. The second-order valence-electron chi connectivity index (χ2n) is 7.13. The van der Waals surface area contributed by atoms with Gasteiger partial charge in [-0.25, -0.2) is 0 Å². The van der Waals surface area contributed by atoms with Gasteiger partial charge in [0.15, 0.2) is 6.61 Å². The quantitative estimate of drug-likeness (QED) is 0.704. The maximum atomic E-state index is 12.4. The molecule has 0 aliphatic carbocycles. The van der Waals surface area contributed by atoms with Crippen molar-refractivity contribution < 1.29 is 14.3 Å². The lowest BCUT2D eigenvalue weighted by atomic mass is 9.86. The first-order valence-electron chi connectivity index (χ1n) is 8.82. The van der Waals surface area contributed by atoms with Gasteiger partial charge in [-0.2, -0.15) is 0 Å². The molecule has 5 nitrogen and oxygen atoms in total. The number of hydrogen-bond donors (Lipinski definition) is 2. The number of carbonyl (C=O) groups excluding carboxylic acids is 2. The topological polar surface area (TPSA) is 67.4 Å². The van der Waals surface area contributed by atoms with E-state index in [2.05, 4.69) is 47.3 Å². The van der Waals surface area contributed by atoms with E-state index in [4.69, 9.17) is 4.74 Å². The van der Waals surface area contributed by atoms with E-state index < -0.39 is 0 Å². The number of anilines is 1. The van der Waals surface area contributed by atoms with E-state index in [-0.39, 0.29) is 23.8 Å². The fourth-order valence-corrected chi connectivity index (χ4v) is 2.95. The molecular formula is C21H25BrN2O3. The molecule has 0 bridgehead atoms. The summed E-state index contributed by atoms with van der Waals surface area (Å²) in [6.07, 6.45) is 0. The third kappa shape index (κ3) is 5.82. The molecule has 0 spiro atoms. The Morgan fingerprint density at radius 1 is 1.11 bits per heavy atom. The summed E-state index contributed by atoms with van der Waals surface area (Å²) in [5, 5.41) is 5.49. The highest BCUT2D eigenvalue weighted by molar-refractivity contribution is 9.10. The third-order valence-corrected chi connectivity index (χ3v) is 4.38. The molecule has 0 saturated carbocycles. The summed E-state index contributed by atoms with van der Waals surface area (Å²) in [7, 11) is 0. The number of carbonyl (C=O) groups is 2. The number of nitrogens with one attached hydrogen (secondary N) is 2. The lowest BCUT2D eigenvalue weighted by Gasteiger charge is -2.23.